The second-order valence-corrected chi connectivity index (χ2v) is 6.42. The summed E-state index contributed by atoms with van der Waals surface area (Å²) < 4.78 is 1.01. The van der Waals surface area contributed by atoms with Gasteiger partial charge in [-0.2, -0.15) is 0 Å². The highest BCUT2D eigenvalue weighted by Crippen LogP contribution is 2.27. The summed E-state index contributed by atoms with van der Waals surface area (Å²) in [6.07, 6.45) is 1.15. The molecule has 0 amide bonds. The van der Waals surface area contributed by atoms with Gasteiger partial charge in [0.25, 0.3) is 0 Å². The Bertz CT molecular complexity index is 577. The molecule has 2 aromatic rings. The fraction of sp³-hybridized carbons (Fsp3) is 0.267. The molecule has 0 fully saturated rings. The van der Waals surface area contributed by atoms with Crippen LogP contribution in [0, 0.1) is 12.8 Å². The van der Waals surface area contributed by atoms with Crippen molar-refractivity contribution in [3.8, 4) is 0 Å². The quantitative estimate of drug-likeness (QED) is 0.882. The summed E-state index contributed by atoms with van der Waals surface area (Å²) in [6.45, 7) is 2.02. The van der Waals surface area contributed by atoms with Crippen molar-refractivity contribution < 1.29 is 9.90 Å². The highest BCUT2D eigenvalue weighted by Gasteiger charge is 2.21. The SMILES string of the molecule is Cc1ccccc1CC(Cc1sccc1Br)C(=O)O. The van der Waals surface area contributed by atoms with E-state index < -0.39 is 5.97 Å². The first-order valence-electron chi connectivity index (χ1n) is 6.07. The molecule has 1 atom stereocenters. The number of aliphatic carboxylic acids is 1. The number of thiophene rings is 1. The Morgan fingerprint density at radius 1 is 1.32 bits per heavy atom. The zero-order valence-corrected chi connectivity index (χ0v) is 13.0. The van der Waals surface area contributed by atoms with Gasteiger partial charge < -0.3 is 5.11 Å². The summed E-state index contributed by atoms with van der Waals surface area (Å²) in [5, 5.41) is 11.4. The van der Waals surface area contributed by atoms with Crippen molar-refractivity contribution in [2.75, 3.05) is 0 Å². The van der Waals surface area contributed by atoms with Crippen LogP contribution in [0.4, 0.5) is 0 Å². The zero-order chi connectivity index (χ0) is 13.8. The molecule has 0 bridgehead atoms. The van der Waals surface area contributed by atoms with Gasteiger partial charge in [-0.1, -0.05) is 24.3 Å². The Labute approximate surface area is 125 Å². The summed E-state index contributed by atoms with van der Waals surface area (Å²) in [5.41, 5.74) is 2.27. The molecule has 4 heteroatoms. The predicted molar refractivity (Wildman–Crippen MR) is 81.7 cm³/mol. The molecule has 0 aliphatic heterocycles. The molecule has 2 nitrogen and oxygen atoms in total. The Kier molecular flexibility index (Phi) is 4.77. The molecule has 0 aliphatic carbocycles. The average molecular weight is 339 g/mol. The largest absolute Gasteiger partial charge is 0.481 e. The lowest BCUT2D eigenvalue weighted by molar-refractivity contribution is -0.141. The van der Waals surface area contributed by atoms with Crippen LogP contribution < -0.4 is 0 Å². The second-order valence-electron chi connectivity index (χ2n) is 4.56. The molecule has 1 unspecified atom stereocenters. The number of carboxylic acid groups (broad SMARTS) is 1. The summed E-state index contributed by atoms with van der Waals surface area (Å²) >= 11 is 5.06. The van der Waals surface area contributed by atoms with E-state index in [9.17, 15) is 9.90 Å². The highest BCUT2D eigenvalue weighted by atomic mass is 79.9. The van der Waals surface area contributed by atoms with Gasteiger partial charge in [0.1, 0.15) is 0 Å². The number of carbonyl (C=O) groups is 1. The van der Waals surface area contributed by atoms with Gasteiger partial charge in [-0.3, -0.25) is 4.79 Å². The molecule has 1 N–H and O–H groups in total. The lowest BCUT2D eigenvalue weighted by atomic mass is 9.93. The number of carboxylic acids is 1. The van der Waals surface area contributed by atoms with Crippen LogP contribution in [0.3, 0.4) is 0 Å². The molecule has 0 spiro atoms. The molecular weight excluding hydrogens is 324 g/mol. The van der Waals surface area contributed by atoms with Crippen LogP contribution in [0.15, 0.2) is 40.2 Å². The van der Waals surface area contributed by atoms with Crippen molar-refractivity contribution in [3.05, 3.63) is 56.2 Å². The van der Waals surface area contributed by atoms with Gasteiger partial charge in [-0.05, 0) is 58.3 Å². The Hall–Kier alpha value is -1.13. The third kappa shape index (κ3) is 3.67. The number of aryl methyl sites for hydroxylation is 1. The van der Waals surface area contributed by atoms with Crippen molar-refractivity contribution in [3.63, 3.8) is 0 Å². The minimum Gasteiger partial charge on any atom is -0.481 e. The summed E-state index contributed by atoms with van der Waals surface area (Å²) in [6, 6.07) is 9.93. The molecule has 1 heterocycles. The van der Waals surface area contributed by atoms with Crippen molar-refractivity contribution >= 4 is 33.2 Å². The molecule has 0 aliphatic rings. The second kappa shape index (κ2) is 6.35. The molecule has 2 rings (SSSR count). The van der Waals surface area contributed by atoms with E-state index in [0.29, 0.717) is 12.8 Å². The van der Waals surface area contributed by atoms with E-state index in [4.69, 9.17) is 0 Å². The smallest absolute Gasteiger partial charge is 0.307 e. The van der Waals surface area contributed by atoms with Gasteiger partial charge in [0, 0.05) is 9.35 Å². The van der Waals surface area contributed by atoms with Gasteiger partial charge in [-0.25, -0.2) is 0 Å². The third-order valence-electron chi connectivity index (χ3n) is 3.20. The predicted octanol–water partition coefficient (Wildman–Crippen LogP) is 4.31. The fourth-order valence-electron chi connectivity index (χ4n) is 2.05. The molecule has 1 aromatic heterocycles. The van der Waals surface area contributed by atoms with Crippen LogP contribution in [0.1, 0.15) is 16.0 Å². The average Bonchev–Trinajstić information content (AvgIpc) is 2.76. The van der Waals surface area contributed by atoms with Gasteiger partial charge in [0.15, 0.2) is 0 Å². The molecule has 0 saturated carbocycles. The van der Waals surface area contributed by atoms with E-state index in [1.165, 1.54) is 0 Å². The maximum atomic E-state index is 11.4. The summed E-state index contributed by atoms with van der Waals surface area (Å²) in [5.74, 6) is -1.11. The maximum Gasteiger partial charge on any atom is 0.307 e. The lowest BCUT2D eigenvalue weighted by Crippen LogP contribution is -2.19. The normalized spacial score (nSPS) is 12.3. The van der Waals surface area contributed by atoms with Crippen LogP contribution in [-0.2, 0) is 17.6 Å². The van der Waals surface area contributed by atoms with Gasteiger partial charge >= 0.3 is 5.97 Å². The highest BCUT2D eigenvalue weighted by molar-refractivity contribution is 9.10. The minimum absolute atomic E-state index is 0.379. The van der Waals surface area contributed by atoms with Crippen LogP contribution in [0.25, 0.3) is 0 Å². The van der Waals surface area contributed by atoms with Crippen LogP contribution >= 0.6 is 27.3 Å². The molecule has 0 radical (unpaired) electrons. The van der Waals surface area contributed by atoms with Gasteiger partial charge in [0.05, 0.1) is 5.92 Å². The van der Waals surface area contributed by atoms with Crippen molar-refractivity contribution in [1.29, 1.82) is 0 Å². The van der Waals surface area contributed by atoms with Crippen molar-refractivity contribution in [1.82, 2.24) is 0 Å². The number of hydrogen-bond acceptors (Lipinski definition) is 2. The third-order valence-corrected chi connectivity index (χ3v) is 5.15. The molecule has 1 aromatic carbocycles. The first kappa shape index (κ1) is 14.3. The Morgan fingerprint density at radius 3 is 2.63 bits per heavy atom. The Balaban J connectivity index is 2.16. The van der Waals surface area contributed by atoms with Gasteiger partial charge in [0.2, 0.25) is 0 Å². The van der Waals surface area contributed by atoms with E-state index in [-0.39, 0.29) is 5.92 Å². The van der Waals surface area contributed by atoms with E-state index in [2.05, 4.69) is 15.9 Å². The first-order valence-corrected chi connectivity index (χ1v) is 7.74. The van der Waals surface area contributed by atoms with E-state index in [1.807, 2.05) is 42.6 Å². The molecular formula is C15H15BrO2S. The first-order chi connectivity index (χ1) is 9.08. The van der Waals surface area contributed by atoms with E-state index >= 15 is 0 Å². The number of benzene rings is 1. The Morgan fingerprint density at radius 2 is 2.05 bits per heavy atom. The van der Waals surface area contributed by atoms with Crippen LogP contribution in [-0.4, -0.2) is 11.1 Å². The summed E-state index contributed by atoms with van der Waals surface area (Å²) in [4.78, 5) is 12.5. The number of halogens is 1. The van der Waals surface area contributed by atoms with E-state index in [1.54, 1.807) is 11.3 Å². The van der Waals surface area contributed by atoms with Crippen molar-refractivity contribution in [2.24, 2.45) is 5.92 Å². The number of rotatable bonds is 5. The molecule has 0 saturated heterocycles. The molecule has 100 valence electrons. The topological polar surface area (TPSA) is 37.3 Å². The maximum absolute atomic E-state index is 11.4. The lowest BCUT2D eigenvalue weighted by Gasteiger charge is -2.13. The van der Waals surface area contributed by atoms with E-state index in [0.717, 1.165) is 20.5 Å². The minimum atomic E-state index is -0.733. The fourth-order valence-corrected chi connectivity index (χ4v) is 3.64. The van der Waals surface area contributed by atoms with Crippen molar-refractivity contribution in [2.45, 2.75) is 19.8 Å². The molecule has 19 heavy (non-hydrogen) atoms. The summed E-state index contributed by atoms with van der Waals surface area (Å²) in [7, 11) is 0. The monoisotopic (exact) mass is 338 g/mol. The standard InChI is InChI=1S/C15H15BrO2S/c1-10-4-2-3-5-11(10)8-12(15(17)18)9-14-13(16)6-7-19-14/h2-7,12H,8-9H2,1H3,(H,17,18). The van der Waals surface area contributed by atoms with Crippen LogP contribution in [0.5, 0.6) is 0 Å². The van der Waals surface area contributed by atoms with Gasteiger partial charge in [-0.15, -0.1) is 11.3 Å². The number of hydrogen-bond donors (Lipinski definition) is 1. The van der Waals surface area contributed by atoms with Crippen LogP contribution in [0.2, 0.25) is 0 Å². The zero-order valence-electron chi connectivity index (χ0n) is 10.6.